The molecule has 0 heterocycles. The van der Waals surface area contributed by atoms with Crippen molar-refractivity contribution in [3.05, 3.63) is 28.3 Å². The molecule has 0 aromatic heterocycles. The first kappa shape index (κ1) is 12.7. The molecular weight excluding hydrogens is 234 g/mol. The Labute approximate surface area is 108 Å². The molecule has 2 N–H and O–H groups in total. The van der Waals surface area contributed by atoms with Crippen LogP contribution in [0, 0.1) is 6.92 Å². The first-order chi connectivity index (χ1) is 8.11. The van der Waals surface area contributed by atoms with Crippen LogP contribution in [0.25, 0.3) is 0 Å². The van der Waals surface area contributed by atoms with E-state index in [4.69, 9.17) is 22.1 Å². The van der Waals surface area contributed by atoms with Crippen LogP contribution in [0.5, 0.6) is 5.75 Å². The average molecular weight is 254 g/mol. The third-order valence-electron chi connectivity index (χ3n) is 3.16. The van der Waals surface area contributed by atoms with E-state index in [0.717, 1.165) is 30.0 Å². The maximum Gasteiger partial charge on any atom is 0.141 e. The fourth-order valence-corrected chi connectivity index (χ4v) is 2.33. The van der Waals surface area contributed by atoms with Crippen LogP contribution >= 0.6 is 11.6 Å². The van der Waals surface area contributed by atoms with Crippen molar-refractivity contribution in [3.8, 4) is 5.75 Å². The van der Waals surface area contributed by atoms with Gasteiger partial charge in [0, 0.05) is 0 Å². The van der Waals surface area contributed by atoms with E-state index < -0.39 is 0 Å². The number of benzene rings is 1. The zero-order valence-electron chi connectivity index (χ0n) is 10.5. The average Bonchev–Trinajstić information content (AvgIpc) is 3.05. The van der Waals surface area contributed by atoms with E-state index in [9.17, 15) is 0 Å². The molecule has 0 aliphatic heterocycles. The third-order valence-corrected chi connectivity index (χ3v) is 3.44. The Hall–Kier alpha value is -0.730. The molecule has 2 rings (SSSR count). The highest BCUT2D eigenvalue weighted by atomic mass is 35.5. The van der Waals surface area contributed by atoms with Crippen molar-refractivity contribution in [1.82, 2.24) is 0 Å². The smallest absolute Gasteiger partial charge is 0.141 e. The monoisotopic (exact) mass is 253 g/mol. The molecule has 3 heteroatoms. The summed E-state index contributed by atoms with van der Waals surface area (Å²) in [6, 6.07) is 4.14. The van der Waals surface area contributed by atoms with Crippen LogP contribution in [0.2, 0.25) is 5.02 Å². The Balaban J connectivity index is 2.31. The normalized spacial score (nSPS) is 16.9. The number of aryl methyl sites for hydroxylation is 1. The maximum atomic E-state index is 6.29. The number of nitrogens with two attached hydrogens (primary N) is 1. The van der Waals surface area contributed by atoms with E-state index in [1.165, 1.54) is 11.1 Å². The van der Waals surface area contributed by atoms with Crippen molar-refractivity contribution in [1.29, 1.82) is 0 Å². The number of rotatable bonds is 5. The summed E-state index contributed by atoms with van der Waals surface area (Å²) in [5.74, 6) is 1.27. The second kappa shape index (κ2) is 5.28. The molecule has 1 atom stereocenters. The summed E-state index contributed by atoms with van der Waals surface area (Å²) in [6.07, 6.45) is 3.63. The molecule has 17 heavy (non-hydrogen) atoms. The molecule has 1 aliphatic carbocycles. The Bertz CT molecular complexity index is 401. The lowest BCUT2D eigenvalue weighted by molar-refractivity contribution is 0.298. The number of hydrogen-bond donors (Lipinski definition) is 1. The van der Waals surface area contributed by atoms with Crippen LogP contribution in [-0.4, -0.2) is 12.6 Å². The SMILES string of the molecule is Cc1cc(Cl)c(OC2CC2)c(C(C)CCN)c1. The van der Waals surface area contributed by atoms with Crippen LogP contribution < -0.4 is 10.5 Å². The first-order valence-corrected chi connectivity index (χ1v) is 6.66. The fourth-order valence-electron chi connectivity index (χ4n) is 2.00. The molecule has 0 spiro atoms. The van der Waals surface area contributed by atoms with Crippen LogP contribution in [0.1, 0.15) is 43.2 Å². The zero-order chi connectivity index (χ0) is 12.4. The number of halogens is 1. The lowest BCUT2D eigenvalue weighted by atomic mass is 9.95. The molecule has 94 valence electrons. The predicted octanol–water partition coefficient (Wildman–Crippen LogP) is 3.64. The van der Waals surface area contributed by atoms with Crippen LogP contribution in [0.15, 0.2) is 12.1 Å². The van der Waals surface area contributed by atoms with Crippen molar-refractivity contribution in [2.45, 2.75) is 45.1 Å². The quantitative estimate of drug-likeness (QED) is 0.870. The van der Waals surface area contributed by atoms with Gasteiger partial charge in [-0.3, -0.25) is 0 Å². The Morgan fingerprint density at radius 1 is 1.47 bits per heavy atom. The molecule has 0 bridgehead atoms. The van der Waals surface area contributed by atoms with E-state index >= 15 is 0 Å². The van der Waals surface area contributed by atoms with Gasteiger partial charge in [-0.25, -0.2) is 0 Å². The molecule has 1 unspecified atom stereocenters. The fraction of sp³-hybridized carbons (Fsp3) is 0.571. The highest BCUT2D eigenvalue weighted by molar-refractivity contribution is 6.32. The minimum atomic E-state index is 0.374. The van der Waals surface area contributed by atoms with Crippen molar-refractivity contribution < 1.29 is 4.74 Å². The van der Waals surface area contributed by atoms with Crippen molar-refractivity contribution in [2.75, 3.05) is 6.54 Å². The van der Waals surface area contributed by atoms with Gasteiger partial charge in [0.1, 0.15) is 5.75 Å². The summed E-state index contributed by atoms with van der Waals surface area (Å²) in [5, 5.41) is 0.732. The highest BCUT2D eigenvalue weighted by Crippen LogP contribution is 2.39. The standard InChI is InChI=1S/C14H20ClNO/c1-9-7-12(10(2)5-6-16)14(13(15)8-9)17-11-3-4-11/h7-8,10-11H,3-6,16H2,1-2H3. The Morgan fingerprint density at radius 2 is 2.18 bits per heavy atom. The van der Waals surface area contributed by atoms with Crippen LogP contribution in [0.3, 0.4) is 0 Å². The lowest BCUT2D eigenvalue weighted by Gasteiger charge is -2.18. The van der Waals surface area contributed by atoms with E-state index in [1.807, 2.05) is 6.07 Å². The molecule has 1 saturated carbocycles. The number of ether oxygens (including phenoxy) is 1. The van der Waals surface area contributed by atoms with Crippen LogP contribution in [-0.2, 0) is 0 Å². The maximum absolute atomic E-state index is 6.29. The summed E-state index contributed by atoms with van der Waals surface area (Å²) in [7, 11) is 0. The van der Waals surface area contributed by atoms with E-state index in [1.54, 1.807) is 0 Å². The molecular formula is C14H20ClNO. The summed E-state index contributed by atoms with van der Waals surface area (Å²) >= 11 is 6.29. The summed E-state index contributed by atoms with van der Waals surface area (Å²) in [6.45, 7) is 4.93. The van der Waals surface area contributed by atoms with Gasteiger partial charge in [-0.2, -0.15) is 0 Å². The van der Waals surface area contributed by atoms with Crippen LogP contribution in [0.4, 0.5) is 0 Å². The molecule has 1 aromatic carbocycles. The largest absolute Gasteiger partial charge is 0.489 e. The summed E-state index contributed by atoms with van der Waals surface area (Å²) in [4.78, 5) is 0. The summed E-state index contributed by atoms with van der Waals surface area (Å²) < 4.78 is 5.94. The second-order valence-corrected chi connectivity index (χ2v) is 5.37. The van der Waals surface area contributed by atoms with Gasteiger partial charge in [-0.15, -0.1) is 0 Å². The van der Waals surface area contributed by atoms with Crippen molar-refractivity contribution in [2.24, 2.45) is 5.73 Å². The van der Waals surface area contributed by atoms with E-state index in [2.05, 4.69) is 19.9 Å². The molecule has 2 nitrogen and oxygen atoms in total. The lowest BCUT2D eigenvalue weighted by Crippen LogP contribution is -2.08. The molecule has 0 amide bonds. The highest BCUT2D eigenvalue weighted by Gasteiger charge is 2.26. The minimum Gasteiger partial charge on any atom is -0.489 e. The third kappa shape index (κ3) is 3.14. The van der Waals surface area contributed by atoms with E-state index in [-0.39, 0.29) is 0 Å². The molecule has 1 aromatic rings. The topological polar surface area (TPSA) is 35.2 Å². The van der Waals surface area contributed by atoms with Gasteiger partial charge in [0.2, 0.25) is 0 Å². The van der Waals surface area contributed by atoms with E-state index in [0.29, 0.717) is 18.6 Å². The molecule has 1 aliphatic rings. The van der Waals surface area contributed by atoms with Gasteiger partial charge in [0.25, 0.3) is 0 Å². The molecule has 0 radical (unpaired) electrons. The predicted molar refractivity (Wildman–Crippen MR) is 71.9 cm³/mol. The van der Waals surface area contributed by atoms with Crippen molar-refractivity contribution in [3.63, 3.8) is 0 Å². The summed E-state index contributed by atoms with van der Waals surface area (Å²) in [5.41, 5.74) is 8.01. The second-order valence-electron chi connectivity index (χ2n) is 4.96. The van der Waals surface area contributed by atoms with Gasteiger partial charge >= 0.3 is 0 Å². The van der Waals surface area contributed by atoms with Gasteiger partial charge in [-0.05, 0) is 55.8 Å². The minimum absolute atomic E-state index is 0.374. The Kier molecular flexibility index (Phi) is 3.95. The molecule has 1 fully saturated rings. The Morgan fingerprint density at radius 3 is 2.76 bits per heavy atom. The van der Waals surface area contributed by atoms with Gasteiger partial charge < -0.3 is 10.5 Å². The number of hydrogen-bond acceptors (Lipinski definition) is 2. The van der Waals surface area contributed by atoms with Gasteiger partial charge in [0.05, 0.1) is 11.1 Å². The first-order valence-electron chi connectivity index (χ1n) is 6.28. The van der Waals surface area contributed by atoms with Gasteiger partial charge in [0.15, 0.2) is 0 Å². The zero-order valence-corrected chi connectivity index (χ0v) is 11.3. The van der Waals surface area contributed by atoms with Crippen molar-refractivity contribution >= 4 is 11.6 Å². The van der Waals surface area contributed by atoms with Gasteiger partial charge in [-0.1, -0.05) is 24.6 Å². The molecule has 0 saturated heterocycles.